The molecule has 1 aliphatic rings. The van der Waals surface area contributed by atoms with Gasteiger partial charge in [-0.25, -0.2) is 15.0 Å². The van der Waals surface area contributed by atoms with Crippen LogP contribution in [0, 0.1) is 0 Å². The van der Waals surface area contributed by atoms with E-state index in [1.807, 2.05) is 0 Å². The molecule has 0 saturated carbocycles. The Labute approximate surface area is 90.7 Å². The van der Waals surface area contributed by atoms with Gasteiger partial charge in [-0.1, -0.05) is 0 Å². The Morgan fingerprint density at radius 1 is 1.50 bits per heavy atom. The molecule has 1 fully saturated rings. The third kappa shape index (κ3) is 1.45. The van der Waals surface area contributed by atoms with Crippen molar-refractivity contribution in [2.45, 2.75) is 12.5 Å². The first-order valence-corrected chi connectivity index (χ1v) is 4.89. The minimum atomic E-state index is -0.572. The van der Waals surface area contributed by atoms with Crippen molar-refractivity contribution in [3.05, 3.63) is 18.9 Å². The molecule has 84 valence electrons. The minimum Gasteiger partial charge on any atom is -0.394 e. The molecule has 0 aromatic carbocycles. The van der Waals surface area contributed by atoms with Crippen molar-refractivity contribution < 1.29 is 14.6 Å². The van der Waals surface area contributed by atoms with Crippen LogP contribution in [0.3, 0.4) is 0 Å². The third-order valence-corrected chi connectivity index (χ3v) is 2.40. The van der Waals surface area contributed by atoms with E-state index in [2.05, 4.69) is 15.0 Å². The van der Waals surface area contributed by atoms with Gasteiger partial charge in [0.1, 0.15) is 24.3 Å². The predicted molar refractivity (Wildman–Crippen MR) is 52.3 cm³/mol. The first-order chi connectivity index (χ1) is 7.88. The van der Waals surface area contributed by atoms with Gasteiger partial charge in [0.25, 0.3) is 0 Å². The van der Waals surface area contributed by atoms with Crippen LogP contribution in [-0.4, -0.2) is 43.9 Å². The van der Waals surface area contributed by atoms with E-state index in [1.165, 1.54) is 6.33 Å². The van der Waals surface area contributed by atoms with Crippen LogP contribution in [0.1, 0.15) is 6.41 Å². The van der Waals surface area contributed by atoms with Crippen LogP contribution >= 0.6 is 0 Å². The van der Waals surface area contributed by atoms with Crippen molar-refractivity contribution >= 4 is 11.2 Å². The normalized spacial score (nSPS) is 25.3. The van der Waals surface area contributed by atoms with E-state index >= 15 is 0 Å². The molecule has 0 amide bonds. The number of aromatic nitrogens is 4. The maximum absolute atomic E-state index is 8.94. The second-order valence-electron chi connectivity index (χ2n) is 3.46. The average Bonchev–Trinajstić information content (AvgIpc) is 2.94. The molecule has 0 aliphatic carbocycles. The van der Waals surface area contributed by atoms with E-state index in [4.69, 9.17) is 14.6 Å². The molecular formula is C9H10N4O3. The molecule has 7 nitrogen and oxygen atoms in total. The smallest absolute Gasteiger partial charge is 0.247 e. The van der Waals surface area contributed by atoms with Crippen LogP contribution < -0.4 is 0 Å². The standard InChI is InChI=1S/C9H10N4O3/c14-2-6-3-15-9(16-6)13-5-12-7-1-10-4-11-8(7)13/h1,4-6,9,14H,2-3H2/t6-,9-/m0/s1. The van der Waals surface area contributed by atoms with Crippen LogP contribution in [0.5, 0.6) is 0 Å². The maximum atomic E-state index is 8.94. The average molecular weight is 222 g/mol. The summed E-state index contributed by atoms with van der Waals surface area (Å²) in [6.45, 7) is 0.310. The van der Waals surface area contributed by atoms with Crippen LogP contribution in [-0.2, 0) is 9.47 Å². The molecule has 0 unspecified atom stereocenters. The number of nitrogens with zero attached hydrogens (tertiary/aromatic N) is 4. The zero-order valence-corrected chi connectivity index (χ0v) is 8.35. The fourth-order valence-electron chi connectivity index (χ4n) is 1.61. The van der Waals surface area contributed by atoms with Gasteiger partial charge in [-0.2, -0.15) is 0 Å². The minimum absolute atomic E-state index is 0.0574. The summed E-state index contributed by atoms with van der Waals surface area (Å²) in [7, 11) is 0. The van der Waals surface area contributed by atoms with Crippen molar-refractivity contribution in [1.29, 1.82) is 0 Å². The van der Waals surface area contributed by atoms with Gasteiger partial charge in [-0.3, -0.25) is 4.57 Å². The molecule has 2 aromatic heterocycles. The molecule has 2 aromatic rings. The Bertz CT molecular complexity index is 500. The number of ether oxygens (including phenoxy) is 2. The van der Waals surface area contributed by atoms with E-state index < -0.39 is 6.41 Å². The van der Waals surface area contributed by atoms with Gasteiger partial charge < -0.3 is 14.6 Å². The van der Waals surface area contributed by atoms with E-state index in [-0.39, 0.29) is 12.7 Å². The lowest BCUT2D eigenvalue weighted by atomic mass is 10.4. The highest BCUT2D eigenvalue weighted by Gasteiger charge is 2.28. The summed E-state index contributed by atoms with van der Waals surface area (Å²) in [6, 6.07) is 0. The fraction of sp³-hybridized carbons (Fsp3) is 0.444. The van der Waals surface area contributed by atoms with Gasteiger partial charge in [0.15, 0.2) is 5.65 Å². The Hall–Kier alpha value is -1.57. The summed E-state index contributed by atoms with van der Waals surface area (Å²) in [5.74, 6) is 0. The summed E-state index contributed by atoms with van der Waals surface area (Å²) in [6.07, 6.45) is 3.79. The number of aliphatic hydroxyl groups is 1. The Balaban J connectivity index is 1.95. The highest BCUT2D eigenvalue weighted by molar-refractivity contribution is 5.68. The number of fused-ring (bicyclic) bond motifs is 1. The molecule has 0 spiro atoms. The van der Waals surface area contributed by atoms with E-state index in [9.17, 15) is 0 Å². The number of imidazole rings is 1. The SMILES string of the molecule is OC[C@H]1CO[C@H](n2cnc3cncnc32)O1. The predicted octanol–water partition coefficient (Wildman–Crippen LogP) is -0.310. The molecule has 1 saturated heterocycles. The monoisotopic (exact) mass is 222 g/mol. The quantitative estimate of drug-likeness (QED) is 0.750. The fourth-order valence-corrected chi connectivity index (χ4v) is 1.61. The molecule has 0 radical (unpaired) electrons. The van der Waals surface area contributed by atoms with Crippen LogP contribution in [0.25, 0.3) is 11.2 Å². The summed E-state index contributed by atoms with van der Waals surface area (Å²) >= 11 is 0. The van der Waals surface area contributed by atoms with E-state index in [0.29, 0.717) is 17.8 Å². The lowest BCUT2D eigenvalue weighted by Gasteiger charge is -2.11. The van der Waals surface area contributed by atoms with Crippen molar-refractivity contribution in [3.63, 3.8) is 0 Å². The molecule has 0 bridgehead atoms. The van der Waals surface area contributed by atoms with Crippen molar-refractivity contribution in [1.82, 2.24) is 19.5 Å². The third-order valence-electron chi connectivity index (χ3n) is 2.40. The highest BCUT2D eigenvalue weighted by Crippen LogP contribution is 2.23. The highest BCUT2D eigenvalue weighted by atomic mass is 16.7. The van der Waals surface area contributed by atoms with Crippen molar-refractivity contribution in [2.75, 3.05) is 13.2 Å². The topological polar surface area (TPSA) is 82.3 Å². The molecule has 3 rings (SSSR count). The summed E-state index contributed by atoms with van der Waals surface area (Å²) in [4.78, 5) is 12.1. The van der Waals surface area contributed by atoms with Gasteiger partial charge in [-0.15, -0.1) is 0 Å². The first-order valence-electron chi connectivity index (χ1n) is 4.89. The second-order valence-corrected chi connectivity index (χ2v) is 3.46. The molecule has 3 heterocycles. The van der Waals surface area contributed by atoms with Crippen LogP contribution in [0.4, 0.5) is 0 Å². The summed E-state index contributed by atoms with van der Waals surface area (Å²) in [5, 5.41) is 8.94. The number of hydrogen-bond donors (Lipinski definition) is 1. The largest absolute Gasteiger partial charge is 0.394 e. The van der Waals surface area contributed by atoms with Gasteiger partial charge in [-0.05, 0) is 0 Å². The van der Waals surface area contributed by atoms with Gasteiger partial charge in [0, 0.05) is 0 Å². The molecule has 2 atom stereocenters. The molecule has 16 heavy (non-hydrogen) atoms. The van der Waals surface area contributed by atoms with Crippen molar-refractivity contribution in [3.8, 4) is 0 Å². The zero-order chi connectivity index (χ0) is 11.0. The molecule has 7 heteroatoms. The van der Waals surface area contributed by atoms with Gasteiger partial charge in [0.2, 0.25) is 6.41 Å². The number of rotatable bonds is 2. The Morgan fingerprint density at radius 3 is 3.25 bits per heavy atom. The van der Waals surface area contributed by atoms with Crippen LogP contribution in [0.15, 0.2) is 18.9 Å². The molecule has 1 aliphatic heterocycles. The summed E-state index contributed by atoms with van der Waals surface area (Å²) in [5.41, 5.74) is 1.33. The maximum Gasteiger partial charge on any atom is 0.247 e. The zero-order valence-electron chi connectivity index (χ0n) is 8.35. The molecule has 1 N–H and O–H groups in total. The Kier molecular flexibility index (Phi) is 2.28. The lowest BCUT2D eigenvalue weighted by Crippen LogP contribution is -2.15. The van der Waals surface area contributed by atoms with Crippen LogP contribution in [0.2, 0.25) is 0 Å². The second kappa shape index (κ2) is 3.78. The van der Waals surface area contributed by atoms with Crippen molar-refractivity contribution in [2.24, 2.45) is 0 Å². The number of hydrogen-bond acceptors (Lipinski definition) is 6. The van der Waals surface area contributed by atoms with E-state index in [1.54, 1.807) is 17.1 Å². The van der Waals surface area contributed by atoms with Gasteiger partial charge >= 0.3 is 0 Å². The summed E-state index contributed by atoms with van der Waals surface area (Å²) < 4.78 is 12.5. The first kappa shape index (κ1) is 9.64. The molecular weight excluding hydrogens is 212 g/mol. The number of aliphatic hydroxyl groups excluding tert-OH is 1. The lowest BCUT2D eigenvalue weighted by molar-refractivity contribution is -0.117. The Morgan fingerprint density at radius 2 is 2.44 bits per heavy atom. The van der Waals surface area contributed by atoms with Gasteiger partial charge in [0.05, 0.1) is 19.4 Å². The van der Waals surface area contributed by atoms with E-state index in [0.717, 1.165) is 0 Å².